The van der Waals surface area contributed by atoms with Crippen LogP contribution in [0.1, 0.15) is 19.4 Å². The van der Waals surface area contributed by atoms with E-state index >= 15 is 0 Å². The molecular formula is C12H17IN2O. The molecule has 3 N–H and O–H groups in total. The molecule has 0 spiro atoms. The number of aryl methyl sites for hydroxylation is 1. The summed E-state index contributed by atoms with van der Waals surface area (Å²) in [7, 11) is 0. The number of carbonyl (C=O) groups is 1. The minimum Gasteiger partial charge on any atom is -0.325 e. The predicted molar refractivity (Wildman–Crippen MR) is 75.3 cm³/mol. The zero-order valence-electron chi connectivity index (χ0n) is 9.75. The van der Waals surface area contributed by atoms with Crippen LogP contribution in [0.25, 0.3) is 0 Å². The van der Waals surface area contributed by atoms with Crippen molar-refractivity contribution in [1.82, 2.24) is 0 Å². The van der Waals surface area contributed by atoms with Crippen molar-refractivity contribution in [3.63, 3.8) is 0 Å². The monoisotopic (exact) mass is 332 g/mol. The van der Waals surface area contributed by atoms with Gasteiger partial charge in [0.15, 0.2) is 0 Å². The third-order valence-electron chi connectivity index (χ3n) is 2.46. The maximum absolute atomic E-state index is 11.7. The number of hydrogen-bond acceptors (Lipinski definition) is 2. The van der Waals surface area contributed by atoms with Crippen molar-refractivity contribution in [3.05, 3.63) is 27.3 Å². The third kappa shape index (κ3) is 3.45. The van der Waals surface area contributed by atoms with Gasteiger partial charge >= 0.3 is 0 Å². The number of rotatable bonds is 3. The van der Waals surface area contributed by atoms with Crippen LogP contribution in [0.2, 0.25) is 0 Å². The lowest BCUT2D eigenvalue weighted by molar-refractivity contribution is -0.118. The topological polar surface area (TPSA) is 55.1 Å². The van der Waals surface area contributed by atoms with E-state index in [9.17, 15) is 4.79 Å². The van der Waals surface area contributed by atoms with Gasteiger partial charge in [0.25, 0.3) is 0 Å². The highest BCUT2D eigenvalue weighted by Gasteiger charge is 2.17. The molecular weight excluding hydrogens is 315 g/mol. The molecule has 0 aromatic heterocycles. The van der Waals surface area contributed by atoms with Crippen LogP contribution in [0.3, 0.4) is 0 Å². The summed E-state index contributed by atoms with van der Waals surface area (Å²) in [6.45, 7) is 5.90. The highest BCUT2D eigenvalue weighted by atomic mass is 127. The average molecular weight is 332 g/mol. The normalized spacial score (nSPS) is 12.6. The fraction of sp³-hybridized carbons (Fsp3) is 0.417. The Morgan fingerprint density at radius 2 is 2.06 bits per heavy atom. The largest absolute Gasteiger partial charge is 0.325 e. The zero-order valence-corrected chi connectivity index (χ0v) is 11.9. The lowest BCUT2D eigenvalue weighted by Gasteiger charge is -2.15. The molecule has 0 radical (unpaired) electrons. The minimum absolute atomic E-state index is 0.130. The van der Waals surface area contributed by atoms with Crippen LogP contribution in [0.4, 0.5) is 5.69 Å². The molecule has 1 rings (SSSR count). The van der Waals surface area contributed by atoms with E-state index in [1.807, 2.05) is 39.0 Å². The number of nitrogens with two attached hydrogens (primary N) is 1. The van der Waals surface area contributed by atoms with E-state index in [1.165, 1.54) is 5.56 Å². The van der Waals surface area contributed by atoms with Crippen molar-refractivity contribution in [1.29, 1.82) is 0 Å². The van der Waals surface area contributed by atoms with Crippen LogP contribution in [0.15, 0.2) is 18.2 Å². The number of anilines is 1. The second-order valence-corrected chi connectivity index (χ2v) is 5.39. The molecule has 0 aliphatic rings. The summed E-state index contributed by atoms with van der Waals surface area (Å²) < 4.78 is 1.13. The Hall–Kier alpha value is -0.620. The van der Waals surface area contributed by atoms with Crippen molar-refractivity contribution < 1.29 is 4.79 Å². The van der Waals surface area contributed by atoms with Gasteiger partial charge < -0.3 is 11.1 Å². The van der Waals surface area contributed by atoms with Crippen LogP contribution in [0, 0.1) is 16.4 Å². The van der Waals surface area contributed by atoms with Crippen molar-refractivity contribution >= 4 is 34.2 Å². The van der Waals surface area contributed by atoms with Gasteiger partial charge in [0, 0.05) is 9.26 Å². The first-order valence-corrected chi connectivity index (χ1v) is 6.32. The lowest BCUT2D eigenvalue weighted by Crippen LogP contribution is -2.39. The number of hydrogen-bond donors (Lipinski definition) is 2. The molecule has 1 amide bonds. The van der Waals surface area contributed by atoms with E-state index in [4.69, 9.17) is 5.73 Å². The molecule has 0 saturated carbocycles. The lowest BCUT2D eigenvalue weighted by atomic mass is 10.0. The maximum Gasteiger partial charge on any atom is 0.241 e. The number of benzene rings is 1. The number of halogens is 1. The molecule has 0 saturated heterocycles. The molecule has 0 aliphatic carbocycles. The Kier molecular flexibility index (Phi) is 4.73. The summed E-state index contributed by atoms with van der Waals surface area (Å²) in [6.07, 6.45) is 0. The Morgan fingerprint density at radius 3 is 2.56 bits per heavy atom. The smallest absolute Gasteiger partial charge is 0.241 e. The summed E-state index contributed by atoms with van der Waals surface area (Å²) in [5.41, 5.74) is 7.76. The minimum atomic E-state index is -0.459. The van der Waals surface area contributed by atoms with Gasteiger partial charge in [-0.05, 0) is 53.1 Å². The first-order valence-electron chi connectivity index (χ1n) is 5.24. The van der Waals surface area contributed by atoms with E-state index in [1.54, 1.807) is 0 Å². The Balaban J connectivity index is 2.74. The molecule has 4 heteroatoms. The average Bonchev–Trinajstić information content (AvgIpc) is 2.22. The van der Waals surface area contributed by atoms with E-state index in [0.29, 0.717) is 0 Å². The van der Waals surface area contributed by atoms with E-state index in [0.717, 1.165) is 9.26 Å². The first kappa shape index (κ1) is 13.4. The number of amides is 1. The SMILES string of the molecule is Cc1ccc(NC(=O)[C@@H](N)C(C)C)cc1I. The third-order valence-corrected chi connectivity index (χ3v) is 3.62. The second kappa shape index (κ2) is 5.63. The molecule has 16 heavy (non-hydrogen) atoms. The van der Waals surface area contributed by atoms with Gasteiger partial charge in [0.1, 0.15) is 0 Å². The van der Waals surface area contributed by atoms with Gasteiger partial charge in [-0.15, -0.1) is 0 Å². The standard InChI is InChI=1S/C12H17IN2O/c1-7(2)11(14)12(16)15-9-5-4-8(3)10(13)6-9/h4-7,11H,14H2,1-3H3,(H,15,16)/t11-/m0/s1. The number of nitrogens with one attached hydrogen (secondary N) is 1. The molecule has 0 bridgehead atoms. The summed E-state index contributed by atoms with van der Waals surface area (Å²) in [5.74, 6) is 0.0131. The zero-order chi connectivity index (χ0) is 12.3. The second-order valence-electron chi connectivity index (χ2n) is 4.22. The Labute approximate surface area is 110 Å². The highest BCUT2D eigenvalue weighted by molar-refractivity contribution is 14.1. The molecule has 0 fully saturated rings. The van der Waals surface area contributed by atoms with Crippen LogP contribution in [-0.2, 0) is 4.79 Å². The van der Waals surface area contributed by atoms with Gasteiger partial charge in [-0.25, -0.2) is 0 Å². The summed E-state index contributed by atoms with van der Waals surface area (Å²) >= 11 is 2.24. The predicted octanol–water partition coefficient (Wildman–Crippen LogP) is 2.52. The van der Waals surface area contributed by atoms with Crippen LogP contribution >= 0.6 is 22.6 Å². The highest BCUT2D eigenvalue weighted by Crippen LogP contribution is 2.17. The van der Waals surface area contributed by atoms with Gasteiger partial charge in [-0.2, -0.15) is 0 Å². The van der Waals surface area contributed by atoms with Gasteiger partial charge in [0.05, 0.1) is 6.04 Å². The van der Waals surface area contributed by atoms with E-state index in [-0.39, 0.29) is 11.8 Å². The summed E-state index contributed by atoms with van der Waals surface area (Å²) in [4.78, 5) is 11.7. The Bertz CT molecular complexity index is 391. The molecule has 0 aliphatic heterocycles. The van der Waals surface area contributed by atoms with Crippen LogP contribution in [0.5, 0.6) is 0 Å². The maximum atomic E-state index is 11.7. The Morgan fingerprint density at radius 1 is 1.44 bits per heavy atom. The first-order chi connectivity index (χ1) is 7.41. The van der Waals surface area contributed by atoms with Gasteiger partial charge in [-0.3, -0.25) is 4.79 Å². The molecule has 1 atom stereocenters. The van der Waals surface area contributed by atoms with Gasteiger partial charge in [-0.1, -0.05) is 19.9 Å². The van der Waals surface area contributed by atoms with Crippen LogP contribution < -0.4 is 11.1 Å². The fourth-order valence-electron chi connectivity index (χ4n) is 1.20. The number of carbonyl (C=O) groups excluding carboxylic acids is 1. The van der Waals surface area contributed by atoms with E-state index in [2.05, 4.69) is 27.9 Å². The van der Waals surface area contributed by atoms with Crippen LogP contribution in [-0.4, -0.2) is 11.9 Å². The van der Waals surface area contributed by atoms with Crippen molar-refractivity contribution in [2.75, 3.05) is 5.32 Å². The van der Waals surface area contributed by atoms with Crippen molar-refractivity contribution in [2.24, 2.45) is 11.7 Å². The summed E-state index contributed by atoms with van der Waals surface area (Å²) in [6, 6.07) is 5.36. The molecule has 3 nitrogen and oxygen atoms in total. The summed E-state index contributed by atoms with van der Waals surface area (Å²) in [5, 5.41) is 2.82. The molecule has 88 valence electrons. The van der Waals surface area contributed by atoms with Crippen molar-refractivity contribution in [3.8, 4) is 0 Å². The van der Waals surface area contributed by atoms with Crippen molar-refractivity contribution in [2.45, 2.75) is 26.8 Å². The quantitative estimate of drug-likeness (QED) is 0.836. The molecule has 0 unspecified atom stereocenters. The molecule has 1 aromatic rings. The molecule has 1 aromatic carbocycles. The fourth-order valence-corrected chi connectivity index (χ4v) is 1.71. The van der Waals surface area contributed by atoms with Gasteiger partial charge in [0.2, 0.25) is 5.91 Å². The van der Waals surface area contributed by atoms with E-state index < -0.39 is 6.04 Å². The molecule has 0 heterocycles.